The molecule has 1 nitrogen and oxygen atoms in total. The molecule has 0 atom stereocenters. The molecule has 2 rings (SSSR count). The molecule has 0 bridgehead atoms. The van der Waals surface area contributed by atoms with Crippen LogP contribution in [0.3, 0.4) is 0 Å². The van der Waals surface area contributed by atoms with Crippen LogP contribution in [0.15, 0.2) is 0 Å². The zero-order valence-corrected chi connectivity index (χ0v) is 7.08. The van der Waals surface area contributed by atoms with Gasteiger partial charge in [0.2, 0.25) is 0 Å². The highest BCUT2D eigenvalue weighted by atomic mass is 32.2. The predicted molar refractivity (Wildman–Crippen MR) is 44.4 cm³/mol. The summed E-state index contributed by atoms with van der Waals surface area (Å²) in [7, 11) is 0. The topological polar surface area (TPSA) is 9.23 Å². The maximum absolute atomic E-state index is 5.54. The lowest BCUT2D eigenvalue weighted by atomic mass is 9.87. The maximum Gasteiger partial charge on any atom is 0.0538 e. The Labute approximate surface area is 66.5 Å². The Bertz CT molecular complexity index is 110. The number of hydrogen-bond acceptors (Lipinski definition) is 2. The predicted octanol–water partition coefficient (Wildman–Crippen LogP) is 1.92. The van der Waals surface area contributed by atoms with Crippen molar-refractivity contribution in [1.82, 2.24) is 0 Å². The molecule has 0 unspecified atom stereocenters. The molecule has 2 heterocycles. The van der Waals surface area contributed by atoms with E-state index in [1.165, 1.54) is 30.8 Å². The summed E-state index contributed by atoms with van der Waals surface area (Å²) >= 11 is 2.07. The summed E-state index contributed by atoms with van der Waals surface area (Å²) in [5.74, 6) is 2.71. The van der Waals surface area contributed by atoms with Crippen LogP contribution in [-0.4, -0.2) is 24.7 Å². The first-order chi connectivity index (χ1) is 4.91. The quantitative estimate of drug-likeness (QED) is 0.532. The van der Waals surface area contributed by atoms with E-state index in [0.717, 1.165) is 13.2 Å². The van der Waals surface area contributed by atoms with E-state index >= 15 is 0 Å². The van der Waals surface area contributed by atoms with E-state index < -0.39 is 0 Å². The summed E-state index contributed by atoms with van der Waals surface area (Å²) in [5.41, 5.74) is 0.626. The summed E-state index contributed by atoms with van der Waals surface area (Å²) in [4.78, 5) is 0. The Morgan fingerprint density at radius 1 is 1.20 bits per heavy atom. The van der Waals surface area contributed by atoms with Crippen LogP contribution in [0.1, 0.15) is 19.3 Å². The fourth-order valence-electron chi connectivity index (χ4n) is 1.68. The van der Waals surface area contributed by atoms with Crippen molar-refractivity contribution in [2.75, 3.05) is 24.7 Å². The van der Waals surface area contributed by atoms with Gasteiger partial charge in [0.25, 0.3) is 0 Å². The van der Waals surface area contributed by atoms with Gasteiger partial charge in [0.05, 0.1) is 6.61 Å². The molecule has 58 valence electrons. The monoisotopic (exact) mass is 158 g/mol. The van der Waals surface area contributed by atoms with E-state index in [1.807, 2.05) is 0 Å². The second-order valence-corrected chi connectivity index (χ2v) is 4.49. The fraction of sp³-hybridized carbons (Fsp3) is 1.00. The van der Waals surface area contributed by atoms with Crippen molar-refractivity contribution in [3.05, 3.63) is 0 Å². The van der Waals surface area contributed by atoms with E-state index in [0.29, 0.717) is 5.41 Å². The summed E-state index contributed by atoms with van der Waals surface area (Å²) in [5, 5.41) is 0. The molecule has 0 aliphatic carbocycles. The van der Waals surface area contributed by atoms with Crippen molar-refractivity contribution in [2.24, 2.45) is 5.41 Å². The van der Waals surface area contributed by atoms with Crippen molar-refractivity contribution in [3.63, 3.8) is 0 Å². The Morgan fingerprint density at radius 2 is 2.10 bits per heavy atom. The molecule has 2 aliphatic heterocycles. The van der Waals surface area contributed by atoms with E-state index in [-0.39, 0.29) is 0 Å². The first-order valence-electron chi connectivity index (χ1n) is 4.07. The van der Waals surface area contributed by atoms with Gasteiger partial charge in [-0.25, -0.2) is 0 Å². The highest BCUT2D eigenvalue weighted by molar-refractivity contribution is 8.00. The number of ether oxygens (including phenoxy) is 1. The van der Waals surface area contributed by atoms with Crippen molar-refractivity contribution >= 4 is 11.8 Å². The van der Waals surface area contributed by atoms with Gasteiger partial charge in [0, 0.05) is 23.5 Å². The highest BCUT2D eigenvalue weighted by Gasteiger charge is 2.38. The molecular weight excluding hydrogens is 144 g/mol. The van der Waals surface area contributed by atoms with Gasteiger partial charge in [-0.3, -0.25) is 0 Å². The Morgan fingerprint density at radius 3 is 2.80 bits per heavy atom. The lowest BCUT2D eigenvalue weighted by Crippen LogP contribution is -2.39. The molecule has 2 aliphatic rings. The molecule has 2 saturated heterocycles. The van der Waals surface area contributed by atoms with Crippen molar-refractivity contribution in [1.29, 1.82) is 0 Å². The third-order valence-corrected chi connectivity index (χ3v) is 4.10. The van der Waals surface area contributed by atoms with Gasteiger partial charge < -0.3 is 4.74 Å². The largest absolute Gasteiger partial charge is 0.381 e. The van der Waals surface area contributed by atoms with Crippen LogP contribution < -0.4 is 0 Å². The molecule has 1 spiro atoms. The number of rotatable bonds is 0. The van der Waals surface area contributed by atoms with Crippen molar-refractivity contribution in [3.8, 4) is 0 Å². The Balaban J connectivity index is 1.92. The molecule has 0 aromatic carbocycles. The van der Waals surface area contributed by atoms with Crippen LogP contribution in [0, 0.1) is 5.41 Å². The molecule has 0 aromatic heterocycles. The highest BCUT2D eigenvalue weighted by Crippen LogP contribution is 2.43. The summed E-state index contributed by atoms with van der Waals surface area (Å²) in [6.45, 7) is 2.05. The minimum Gasteiger partial charge on any atom is -0.381 e. The average Bonchev–Trinajstić information content (AvgIpc) is 2.08. The molecule has 0 N–H and O–H groups in total. The lowest BCUT2D eigenvalue weighted by Gasteiger charge is -2.39. The molecule has 0 amide bonds. The van der Waals surface area contributed by atoms with E-state index in [4.69, 9.17) is 4.74 Å². The van der Waals surface area contributed by atoms with Gasteiger partial charge in [-0.05, 0) is 12.8 Å². The van der Waals surface area contributed by atoms with Gasteiger partial charge in [0.15, 0.2) is 0 Å². The zero-order valence-electron chi connectivity index (χ0n) is 6.27. The van der Waals surface area contributed by atoms with Gasteiger partial charge in [0.1, 0.15) is 0 Å². The average molecular weight is 158 g/mol. The Kier molecular flexibility index (Phi) is 1.92. The second kappa shape index (κ2) is 2.74. The number of hydrogen-bond donors (Lipinski definition) is 0. The molecule has 0 saturated carbocycles. The first-order valence-corrected chi connectivity index (χ1v) is 5.22. The van der Waals surface area contributed by atoms with E-state index in [9.17, 15) is 0 Å². The van der Waals surface area contributed by atoms with Crippen molar-refractivity contribution in [2.45, 2.75) is 19.3 Å². The van der Waals surface area contributed by atoms with Crippen LogP contribution in [0.2, 0.25) is 0 Å². The van der Waals surface area contributed by atoms with E-state index in [2.05, 4.69) is 11.8 Å². The fourth-order valence-corrected chi connectivity index (χ4v) is 2.92. The molecule has 10 heavy (non-hydrogen) atoms. The first kappa shape index (κ1) is 6.99. The zero-order chi connectivity index (χ0) is 6.86. The summed E-state index contributed by atoms with van der Waals surface area (Å²) in [6.07, 6.45) is 4.09. The smallest absolute Gasteiger partial charge is 0.0538 e. The van der Waals surface area contributed by atoms with Crippen LogP contribution in [-0.2, 0) is 4.74 Å². The minimum atomic E-state index is 0.626. The third-order valence-electron chi connectivity index (χ3n) is 2.47. The van der Waals surface area contributed by atoms with Crippen LogP contribution in [0.5, 0.6) is 0 Å². The SMILES string of the molecule is C1CCC2(COC1)CSC2. The van der Waals surface area contributed by atoms with Gasteiger partial charge in [-0.1, -0.05) is 6.42 Å². The lowest BCUT2D eigenvalue weighted by molar-refractivity contribution is 0.0795. The minimum absolute atomic E-state index is 0.626. The normalized spacial score (nSPS) is 31.2. The third kappa shape index (κ3) is 1.19. The molecular formula is C8H14OS. The van der Waals surface area contributed by atoms with Gasteiger partial charge >= 0.3 is 0 Å². The standard InChI is InChI=1S/C8H14OS/c1-2-4-9-5-8(3-1)6-10-7-8/h1-7H2. The Hall–Kier alpha value is 0.310. The summed E-state index contributed by atoms with van der Waals surface area (Å²) < 4.78 is 5.54. The second-order valence-electron chi connectivity index (χ2n) is 3.50. The molecule has 2 fully saturated rings. The van der Waals surface area contributed by atoms with Crippen LogP contribution in [0.25, 0.3) is 0 Å². The maximum atomic E-state index is 5.54. The van der Waals surface area contributed by atoms with Gasteiger partial charge in [-0.15, -0.1) is 0 Å². The van der Waals surface area contributed by atoms with E-state index in [1.54, 1.807) is 0 Å². The molecule has 2 heteroatoms. The summed E-state index contributed by atoms with van der Waals surface area (Å²) in [6, 6.07) is 0. The van der Waals surface area contributed by atoms with Gasteiger partial charge in [-0.2, -0.15) is 11.8 Å². The van der Waals surface area contributed by atoms with Crippen molar-refractivity contribution < 1.29 is 4.74 Å². The number of thioether (sulfide) groups is 1. The molecule has 0 radical (unpaired) electrons. The van der Waals surface area contributed by atoms with Crippen LogP contribution >= 0.6 is 11.8 Å². The van der Waals surface area contributed by atoms with Crippen LogP contribution in [0.4, 0.5) is 0 Å². The molecule has 0 aromatic rings.